The van der Waals surface area contributed by atoms with E-state index in [1.807, 2.05) is 12.3 Å². The third-order valence-electron chi connectivity index (χ3n) is 4.20. The number of nitrogens with zero attached hydrogens (tertiary/aromatic N) is 3. The number of hydrogen-bond donors (Lipinski definition) is 1. The van der Waals surface area contributed by atoms with Gasteiger partial charge in [-0.2, -0.15) is 0 Å². The Kier molecular flexibility index (Phi) is 5.03. The monoisotopic (exact) mass is 428 g/mol. The summed E-state index contributed by atoms with van der Waals surface area (Å²) in [7, 11) is 0. The van der Waals surface area contributed by atoms with Crippen molar-refractivity contribution in [3.8, 4) is 11.4 Å². The number of aryl methyl sites for hydroxylation is 1. The molecule has 1 amide bonds. The lowest BCUT2D eigenvalue weighted by atomic mass is 10.2. The number of aromatic nitrogens is 2. The minimum atomic E-state index is -0.538. The zero-order valence-electron chi connectivity index (χ0n) is 15.0. The Bertz CT molecular complexity index is 1230. The Morgan fingerprint density at radius 1 is 1.21 bits per heavy atom. The maximum Gasteiger partial charge on any atom is 0.324 e. The highest BCUT2D eigenvalue weighted by Gasteiger charge is 2.19. The molecule has 0 aliphatic heterocycles. The molecule has 4 aromatic rings. The third kappa shape index (κ3) is 3.71. The molecule has 0 saturated heterocycles. The molecular formula is C19H13FN4O3S2. The number of carbonyl (C=O) groups is 1. The fourth-order valence-electron chi connectivity index (χ4n) is 2.75. The van der Waals surface area contributed by atoms with Gasteiger partial charge in [0.25, 0.3) is 5.91 Å². The van der Waals surface area contributed by atoms with E-state index >= 15 is 0 Å². The quantitative estimate of drug-likeness (QED) is 0.344. The Morgan fingerprint density at radius 3 is 2.62 bits per heavy atom. The number of thiophene rings is 2. The second kappa shape index (κ2) is 7.64. The van der Waals surface area contributed by atoms with Crippen LogP contribution in [0, 0.1) is 15.9 Å². The van der Waals surface area contributed by atoms with Crippen LogP contribution in [0.5, 0.6) is 0 Å². The molecule has 0 atom stereocenters. The van der Waals surface area contributed by atoms with Crippen molar-refractivity contribution in [2.24, 2.45) is 0 Å². The molecule has 4 rings (SSSR count). The smallest absolute Gasteiger partial charge is 0.305 e. The largest absolute Gasteiger partial charge is 0.324 e. The van der Waals surface area contributed by atoms with Crippen LogP contribution in [0.1, 0.15) is 22.2 Å². The van der Waals surface area contributed by atoms with Crippen molar-refractivity contribution >= 4 is 49.6 Å². The maximum atomic E-state index is 13.3. The first-order valence-electron chi connectivity index (χ1n) is 8.56. The van der Waals surface area contributed by atoms with Gasteiger partial charge in [0.1, 0.15) is 5.82 Å². The van der Waals surface area contributed by atoms with Crippen molar-refractivity contribution in [2.45, 2.75) is 13.3 Å². The van der Waals surface area contributed by atoms with Gasteiger partial charge in [0.05, 0.1) is 20.0 Å². The van der Waals surface area contributed by atoms with Gasteiger partial charge in [-0.15, -0.1) is 11.3 Å². The van der Waals surface area contributed by atoms with Crippen LogP contribution in [-0.4, -0.2) is 20.8 Å². The average molecular weight is 428 g/mol. The van der Waals surface area contributed by atoms with E-state index < -0.39 is 10.8 Å². The first-order valence-corrected chi connectivity index (χ1v) is 10.3. The van der Waals surface area contributed by atoms with Gasteiger partial charge in [-0.25, -0.2) is 14.4 Å². The highest BCUT2D eigenvalue weighted by Crippen LogP contribution is 2.33. The lowest BCUT2D eigenvalue weighted by Crippen LogP contribution is -2.12. The first-order chi connectivity index (χ1) is 14.0. The number of nitrogens with one attached hydrogen (secondary N) is 1. The average Bonchev–Trinajstić information content (AvgIpc) is 3.36. The second-order valence-corrected chi connectivity index (χ2v) is 7.99. The summed E-state index contributed by atoms with van der Waals surface area (Å²) >= 11 is 2.21. The van der Waals surface area contributed by atoms with Crippen LogP contribution >= 0.6 is 22.7 Å². The number of nitro groups is 1. The molecule has 29 heavy (non-hydrogen) atoms. The molecule has 0 aliphatic carbocycles. The van der Waals surface area contributed by atoms with Gasteiger partial charge in [0.2, 0.25) is 0 Å². The number of hydrogen-bond acceptors (Lipinski definition) is 7. The number of benzene rings is 1. The number of rotatable bonds is 5. The van der Waals surface area contributed by atoms with Crippen LogP contribution in [-0.2, 0) is 6.42 Å². The molecule has 7 nitrogen and oxygen atoms in total. The lowest BCUT2D eigenvalue weighted by molar-refractivity contribution is -0.380. The van der Waals surface area contributed by atoms with E-state index in [-0.39, 0.29) is 15.7 Å². The van der Waals surface area contributed by atoms with Crippen molar-refractivity contribution in [1.29, 1.82) is 0 Å². The summed E-state index contributed by atoms with van der Waals surface area (Å²) in [6, 6.07) is 8.48. The van der Waals surface area contributed by atoms with Gasteiger partial charge in [0.15, 0.2) is 11.6 Å². The first kappa shape index (κ1) is 19.1. The van der Waals surface area contributed by atoms with Gasteiger partial charge in [0, 0.05) is 11.6 Å². The maximum absolute atomic E-state index is 13.3. The normalized spacial score (nSPS) is 11.0. The summed E-state index contributed by atoms with van der Waals surface area (Å²) in [5.41, 5.74) is 2.35. The van der Waals surface area contributed by atoms with E-state index in [9.17, 15) is 19.3 Å². The van der Waals surface area contributed by atoms with Gasteiger partial charge in [-0.3, -0.25) is 14.9 Å². The van der Waals surface area contributed by atoms with E-state index in [0.717, 1.165) is 28.8 Å². The second-order valence-electron chi connectivity index (χ2n) is 6.04. The Hall–Kier alpha value is -3.24. The molecule has 3 heterocycles. The number of anilines is 1. The molecule has 1 aromatic carbocycles. The molecule has 0 saturated carbocycles. The van der Waals surface area contributed by atoms with Gasteiger partial charge >= 0.3 is 5.00 Å². The van der Waals surface area contributed by atoms with Crippen molar-refractivity contribution in [2.75, 3.05) is 5.32 Å². The topological polar surface area (TPSA) is 98.0 Å². The lowest BCUT2D eigenvalue weighted by Gasteiger charge is -2.08. The van der Waals surface area contributed by atoms with Crippen molar-refractivity contribution < 1.29 is 14.1 Å². The fourth-order valence-corrected chi connectivity index (χ4v) is 4.50. The van der Waals surface area contributed by atoms with E-state index in [1.54, 1.807) is 12.1 Å². The molecule has 0 bridgehead atoms. The molecular weight excluding hydrogens is 415 g/mol. The Morgan fingerprint density at radius 2 is 1.97 bits per heavy atom. The van der Waals surface area contributed by atoms with Crippen molar-refractivity contribution in [3.63, 3.8) is 0 Å². The van der Waals surface area contributed by atoms with Gasteiger partial charge < -0.3 is 5.32 Å². The fraction of sp³-hybridized carbons (Fsp3) is 0.105. The summed E-state index contributed by atoms with van der Waals surface area (Å²) in [4.78, 5) is 32.3. The van der Waals surface area contributed by atoms with E-state index in [0.29, 0.717) is 21.9 Å². The van der Waals surface area contributed by atoms with Gasteiger partial charge in [-0.05, 0) is 47.7 Å². The summed E-state index contributed by atoms with van der Waals surface area (Å²) in [6.07, 6.45) is 0.754. The predicted octanol–water partition coefficient (Wildman–Crippen LogP) is 5.28. The van der Waals surface area contributed by atoms with Crippen LogP contribution in [0.2, 0.25) is 0 Å². The minimum absolute atomic E-state index is 0.112. The zero-order valence-corrected chi connectivity index (χ0v) is 16.6. The van der Waals surface area contributed by atoms with Crippen LogP contribution in [0.4, 0.5) is 15.2 Å². The number of amides is 1. The SMILES string of the molecule is CCc1csc2c(NC(=O)c3ccc([N+](=O)[O-])s3)nc(-c3ccc(F)cc3)nc12. The minimum Gasteiger partial charge on any atom is -0.305 e. The van der Waals surface area contributed by atoms with Crippen molar-refractivity contribution in [1.82, 2.24) is 9.97 Å². The predicted molar refractivity (Wildman–Crippen MR) is 111 cm³/mol. The summed E-state index contributed by atoms with van der Waals surface area (Å²) in [6.45, 7) is 2.00. The highest BCUT2D eigenvalue weighted by atomic mass is 32.1. The molecule has 0 fully saturated rings. The Balaban J connectivity index is 1.77. The van der Waals surface area contributed by atoms with E-state index in [4.69, 9.17) is 0 Å². The number of halogens is 1. The highest BCUT2D eigenvalue weighted by molar-refractivity contribution is 7.18. The zero-order chi connectivity index (χ0) is 20.5. The molecule has 0 spiro atoms. The van der Waals surface area contributed by atoms with Gasteiger partial charge in [-0.1, -0.05) is 18.3 Å². The summed E-state index contributed by atoms with van der Waals surface area (Å²) < 4.78 is 14.0. The standard InChI is InChI=1S/C19H13FN4O3S2/c1-2-10-9-28-16-15(10)21-17(11-3-5-12(20)6-4-11)22-18(16)23-19(25)13-7-8-14(29-13)24(26)27/h3-9H,2H2,1H3,(H,21,22,23,25). The summed E-state index contributed by atoms with van der Waals surface area (Å²) in [5, 5.41) is 15.5. The van der Waals surface area contributed by atoms with E-state index in [2.05, 4.69) is 15.3 Å². The molecule has 146 valence electrons. The van der Waals surface area contributed by atoms with Crippen molar-refractivity contribution in [3.05, 3.63) is 68.2 Å². The molecule has 0 unspecified atom stereocenters. The van der Waals surface area contributed by atoms with Crippen LogP contribution in [0.3, 0.4) is 0 Å². The van der Waals surface area contributed by atoms with E-state index in [1.165, 1.54) is 35.6 Å². The molecule has 3 aromatic heterocycles. The summed E-state index contributed by atoms with van der Waals surface area (Å²) in [5.74, 6) is -0.176. The van der Waals surface area contributed by atoms with Crippen LogP contribution < -0.4 is 5.32 Å². The number of fused-ring (bicyclic) bond motifs is 1. The molecule has 0 aliphatic rings. The molecule has 1 N–H and O–H groups in total. The van der Waals surface area contributed by atoms with Crippen LogP contribution in [0.25, 0.3) is 21.6 Å². The van der Waals surface area contributed by atoms with Crippen LogP contribution in [0.15, 0.2) is 41.8 Å². The molecule has 10 heteroatoms. The number of carbonyl (C=O) groups excluding carboxylic acids is 1. The Labute approximate surface area is 172 Å². The third-order valence-corrected chi connectivity index (χ3v) is 6.26. The molecule has 0 radical (unpaired) electrons.